The van der Waals surface area contributed by atoms with Crippen LogP contribution in [-0.4, -0.2) is 45.9 Å². The van der Waals surface area contributed by atoms with Crippen molar-refractivity contribution in [2.45, 2.75) is 56.3 Å². The maximum Gasteiger partial charge on any atom is 0.0774 e. The van der Waals surface area contributed by atoms with E-state index in [4.69, 9.17) is 0 Å². The molecule has 2 N–H and O–H groups in total. The summed E-state index contributed by atoms with van der Waals surface area (Å²) in [7, 11) is 0. The Bertz CT molecular complexity index is 324. The molecule has 3 aliphatic carbocycles. The topological polar surface area (TPSA) is 43.7 Å². The fourth-order valence-corrected chi connectivity index (χ4v) is 5.29. The van der Waals surface area contributed by atoms with Crippen LogP contribution in [0.4, 0.5) is 0 Å². The minimum Gasteiger partial charge on any atom is -0.391 e. The summed E-state index contributed by atoms with van der Waals surface area (Å²) in [4.78, 5) is 2.43. The number of hydrogen-bond donors (Lipinski definition) is 2. The smallest absolute Gasteiger partial charge is 0.0774 e. The Morgan fingerprint density at radius 3 is 2.59 bits per heavy atom. The van der Waals surface area contributed by atoms with E-state index in [2.05, 4.69) is 4.90 Å². The Hall–Kier alpha value is -0.120. The normalized spacial score (nSPS) is 51.5. The van der Waals surface area contributed by atoms with Crippen LogP contribution >= 0.6 is 0 Å². The molecule has 96 valence electrons. The van der Waals surface area contributed by atoms with Crippen molar-refractivity contribution in [3.8, 4) is 0 Å². The standard InChI is InChI=1S/C14H23NO2/c16-13-9-5-10-7-15(12(13)11(10)6-9)8-14(17)3-1-2-4-14/h9-13,16-17H,1-8H2. The molecule has 1 aliphatic heterocycles. The third-order valence-electron chi connectivity index (χ3n) is 5.98. The van der Waals surface area contributed by atoms with Crippen molar-refractivity contribution < 1.29 is 10.2 Å². The molecule has 4 fully saturated rings. The first-order valence-corrected chi connectivity index (χ1v) is 7.31. The van der Waals surface area contributed by atoms with Gasteiger partial charge in [0.25, 0.3) is 0 Å². The van der Waals surface area contributed by atoms with Crippen LogP contribution in [0.15, 0.2) is 0 Å². The number of fused-ring (bicyclic) bond motifs is 1. The van der Waals surface area contributed by atoms with Crippen molar-refractivity contribution in [1.82, 2.24) is 4.90 Å². The second-order valence-corrected chi connectivity index (χ2v) is 7.00. The molecule has 2 bridgehead atoms. The van der Waals surface area contributed by atoms with Crippen LogP contribution in [0.3, 0.4) is 0 Å². The van der Waals surface area contributed by atoms with Gasteiger partial charge in [-0.25, -0.2) is 0 Å². The van der Waals surface area contributed by atoms with Gasteiger partial charge in [-0.15, -0.1) is 0 Å². The molecule has 0 spiro atoms. The van der Waals surface area contributed by atoms with Gasteiger partial charge in [0, 0.05) is 19.1 Å². The van der Waals surface area contributed by atoms with E-state index in [0.29, 0.717) is 12.0 Å². The van der Waals surface area contributed by atoms with Crippen LogP contribution in [-0.2, 0) is 0 Å². The first-order valence-electron chi connectivity index (χ1n) is 7.31. The number of β-amino-alcohol motifs (C(OH)–C–C–N with tert-alkyl or cyclic N) is 1. The van der Waals surface area contributed by atoms with E-state index >= 15 is 0 Å². The fourth-order valence-electron chi connectivity index (χ4n) is 5.29. The van der Waals surface area contributed by atoms with E-state index in [1.165, 1.54) is 25.7 Å². The average molecular weight is 237 g/mol. The molecular weight excluding hydrogens is 214 g/mol. The van der Waals surface area contributed by atoms with Gasteiger partial charge in [0.1, 0.15) is 0 Å². The maximum atomic E-state index is 10.5. The summed E-state index contributed by atoms with van der Waals surface area (Å²) in [6, 6.07) is 0.378. The molecule has 0 aromatic carbocycles. The van der Waals surface area contributed by atoms with Gasteiger partial charge in [-0.3, -0.25) is 4.90 Å². The number of hydrogen-bond acceptors (Lipinski definition) is 3. The number of aliphatic hydroxyl groups is 2. The molecule has 0 radical (unpaired) electrons. The zero-order valence-corrected chi connectivity index (χ0v) is 10.4. The van der Waals surface area contributed by atoms with Gasteiger partial charge in [-0.05, 0) is 43.4 Å². The second kappa shape index (κ2) is 3.46. The number of nitrogens with zero attached hydrogens (tertiary/aromatic N) is 1. The Morgan fingerprint density at radius 1 is 1.12 bits per heavy atom. The number of rotatable bonds is 2. The van der Waals surface area contributed by atoms with Gasteiger partial charge >= 0.3 is 0 Å². The second-order valence-electron chi connectivity index (χ2n) is 7.00. The van der Waals surface area contributed by atoms with Crippen molar-refractivity contribution in [1.29, 1.82) is 0 Å². The van der Waals surface area contributed by atoms with Crippen LogP contribution in [0, 0.1) is 17.8 Å². The minimum atomic E-state index is -0.443. The summed E-state index contributed by atoms with van der Waals surface area (Å²) in [6.07, 6.45) is 6.64. The van der Waals surface area contributed by atoms with E-state index in [1.807, 2.05) is 0 Å². The molecule has 4 rings (SSSR count). The predicted molar refractivity (Wildman–Crippen MR) is 64.5 cm³/mol. The van der Waals surface area contributed by atoms with E-state index in [1.54, 1.807) is 0 Å². The van der Waals surface area contributed by atoms with Gasteiger partial charge in [-0.2, -0.15) is 0 Å². The molecule has 5 unspecified atom stereocenters. The van der Waals surface area contributed by atoms with Crippen molar-refractivity contribution in [2.75, 3.05) is 13.1 Å². The first kappa shape index (κ1) is 10.8. The molecular formula is C14H23NO2. The van der Waals surface area contributed by atoms with Crippen molar-refractivity contribution in [2.24, 2.45) is 17.8 Å². The molecule has 17 heavy (non-hydrogen) atoms. The molecule has 0 aromatic heterocycles. The van der Waals surface area contributed by atoms with Crippen LogP contribution in [0.2, 0.25) is 0 Å². The summed E-state index contributed by atoms with van der Waals surface area (Å²) < 4.78 is 0. The highest BCUT2D eigenvalue weighted by Gasteiger charge is 2.59. The molecule has 0 aromatic rings. The predicted octanol–water partition coefficient (Wildman–Crippen LogP) is 0.993. The Morgan fingerprint density at radius 2 is 1.88 bits per heavy atom. The van der Waals surface area contributed by atoms with E-state index in [0.717, 1.165) is 37.8 Å². The van der Waals surface area contributed by atoms with Crippen LogP contribution in [0.25, 0.3) is 0 Å². The molecule has 3 nitrogen and oxygen atoms in total. The Kier molecular flexibility index (Phi) is 2.19. The molecule has 5 atom stereocenters. The molecule has 0 amide bonds. The zero-order chi connectivity index (χ0) is 11.6. The van der Waals surface area contributed by atoms with Gasteiger partial charge in [0.2, 0.25) is 0 Å². The SMILES string of the molecule is OC1C2CC3CN(CC4(O)CCCC4)C1C3C2. The van der Waals surface area contributed by atoms with Gasteiger partial charge in [0.15, 0.2) is 0 Å². The third kappa shape index (κ3) is 1.45. The van der Waals surface area contributed by atoms with E-state index in [9.17, 15) is 10.2 Å². The van der Waals surface area contributed by atoms with E-state index in [-0.39, 0.29) is 6.10 Å². The summed E-state index contributed by atoms with van der Waals surface area (Å²) in [5.41, 5.74) is -0.443. The quantitative estimate of drug-likeness (QED) is 0.753. The van der Waals surface area contributed by atoms with Crippen LogP contribution < -0.4 is 0 Å². The summed E-state index contributed by atoms with van der Waals surface area (Å²) in [6.45, 7) is 1.94. The lowest BCUT2D eigenvalue weighted by Crippen LogP contribution is -2.47. The lowest BCUT2D eigenvalue weighted by Gasteiger charge is -2.34. The van der Waals surface area contributed by atoms with E-state index < -0.39 is 5.60 Å². The van der Waals surface area contributed by atoms with Crippen LogP contribution in [0.1, 0.15) is 38.5 Å². The Labute approximate surface area is 103 Å². The average Bonchev–Trinajstić information content (AvgIpc) is 2.94. The minimum absolute atomic E-state index is 0.108. The lowest BCUT2D eigenvalue weighted by molar-refractivity contribution is -0.0170. The fraction of sp³-hybridized carbons (Fsp3) is 1.00. The summed E-state index contributed by atoms with van der Waals surface area (Å²) in [5.74, 6) is 2.12. The molecule has 4 aliphatic rings. The summed E-state index contributed by atoms with van der Waals surface area (Å²) in [5, 5.41) is 20.8. The highest BCUT2D eigenvalue weighted by Crippen LogP contribution is 2.55. The lowest BCUT2D eigenvalue weighted by atomic mass is 9.88. The highest BCUT2D eigenvalue weighted by atomic mass is 16.3. The van der Waals surface area contributed by atoms with Crippen LogP contribution in [0.5, 0.6) is 0 Å². The molecule has 3 saturated carbocycles. The monoisotopic (exact) mass is 237 g/mol. The Balaban J connectivity index is 1.52. The molecule has 1 heterocycles. The summed E-state index contributed by atoms with van der Waals surface area (Å²) >= 11 is 0. The number of aliphatic hydroxyl groups excluding tert-OH is 1. The highest BCUT2D eigenvalue weighted by molar-refractivity contribution is 5.11. The largest absolute Gasteiger partial charge is 0.391 e. The van der Waals surface area contributed by atoms with Crippen molar-refractivity contribution in [3.05, 3.63) is 0 Å². The molecule has 3 heteroatoms. The first-order chi connectivity index (χ1) is 8.16. The van der Waals surface area contributed by atoms with Crippen molar-refractivity contribution >= 4 is 0 Å². The van der Waals surface area contributed by atoms with Gasteiger partial charge < -0.3 is 10.2 Å². The van der Waals surface area contributed by atoms with Gasteiger partial charge in [0.05, 0.1) is 11.7 Å². The third-order valence-corrected chi connectivity index (χ3v) is 5.98. The van der Waals surface area contributed by atoms with Gasteiger partial charge in [-0.1, -0.05) is 12.8 Å². The molecule has 1 saturated heterocycles. The maximum absolute atomic E-state index is 10.5. The number of likely N-dealkylation sites (tertiary alicyclic amines) is 1. The van der Waals surface area contributed by atoms with Crippen molar-refractivity contribution in [3.63, 3.8) is 0 Å². The zero-order valence-electron chi connectivity index (χ0n) is 10.4.